The Balaban J connectivity index is 2.32. The number of benzene rings is 1. The summed E-state index contributed by atoms with van der Waals surface area (Å²) >= 11 is 12.9. The van der Waals surface area contributed by atoms with Crippen molar-refractivity contribution in [3.63, 3.8) is 0 Å². The zero-order valence-corrected chi connectivity index (χ0v) is 18.7. The van der Waals surface area contributed by atoms with E-state index in [4.69, 9.17) is 27.9 Å². The van der Waals surface area contributed by atoms with Gasteiger partial charge in [-0.15, -0.1) is 11.3 Å². The Kier molecular flexibility index (Phi) is 7.84. The number of thiophene rings is 1. The van der Waals surface area contributed by atoms with E-state index in [-0.39, 0.29) is 23.1 Å². The lowest BCUT2D eigenvalue weighted by Crippen LogP contribution is -2.21. The molecule has 2 aromatic rings. The van der Waals surface area contributed by atoms with Crippen molar-refractivity contribution < 1.29 is 19.1 Å². The maximum atomic E-state index is 12.4. The van der Waals surface area contributed by atoms with E-state index in [0.29, 0.717) is 26.0 Å². The molecule has 0 fully saturated rings. The molecule has 1 heterocycles. The van der Waals surface area contributed by atoms with Crippen LogP contribution in [0.2, 0.25) is 10.0 Å². The number of nitrogens with one attached hydrogen (secondary N) is 1. The van der Waals surface area contributed by atoms with E-state index in [1.807, 2.05) is 0 Å². The van der Waals surface area contributed by atoms with Crippen molar-refractivity contribution in [1.82, 2.24) is 4.90 Å². The fraction of sp³-hybridized carbons (Fsp3) is 0.250. The summed E-state index contributed by atoms with van der Waals surface area (Å²) in [7, 11) is 3.23. The second-order valence-corrected chi connectivity index (χ2v) is 8.01. The number of halogens is 2. The van der Waals surface area contributed by atoms with Gasteiger partial charge in [0, 0.05) is 20.2 Å². The Morgan fingerprint density at radius 2 is 1.90 bits per heavy atom. The highest BCUT2D eigenvalue weighted by atomic mass is 35.5. The number of hydrogen-bond donors (Lipinski definition) is 1. The zero-order chi connectivity index (χ0) is 21.7. The van der Waals surface area contributed by atoms with Crippen LogP contribution in [0.4, 0.5) is 5.00 Å². The van der Waals surface area contributed by atoms with Crippen LogP contribution < -0.4 is 5.32 Å². The Bertz CT molecular complexity index is 983. The van der Waals surface area contributed by atoms with Gasteiger partial charge in [-0.05, 0) is 43.2 Å². The molecule has 2 rings (SSSR count). The second-order valence-electron chi connectivity index (χ2n) is 6.18. The normalized spacial score (nSPS) is 10.8. The molecule has 0 atom stereocenters. The van der Waals surface area contributed by atoms with Crippen LogP contribution in [0.3, 0.4) is 0 Å². The minimum atomic E-state index is -0.595. The molecule has 0 aliphatic rings. The summed E-state index contributed by atoms with van der Waals surface area (Å²) in [4.78, 5) is 39.0. The minimum absolute atomic E-state index is 0.176. The van der Waals surface area contributed by atoms with E-state index in [9.17, 15) is 14.4 Å². The Hall–Kier alpha value is -2.35. The van der Waals surface area contributed by atoms with Crippen molar-refractivity contribution >= 4 is 63.4 Å². The lowest BCUT2D eigenvalue weighted by Gasteiger charge is -2.09. The van der Waals surface area contributed by atoms with Crippen LogP contribution in [0.5, 0.6) is 0 Å². The molecule has 0 spiro atoms. The van der Waals surface area contributed by atoms with Crippen molar-refractivity contribution in [3.8, 4) is 0 Å². The van der Waals surface area contributed by atoms with E-state index in [1.54, 1.807) is 52.2 Å². The van der Waals surface area contributed by atoms with Gasteiger partial charge < -0.3 is 15.0 Å². The molecular formula is C20H20Cl2N2O4S. The molecule has 9 heteroatoms. The molecule has 154 valence electrons. The van der Waals surface area contributed by atoms with E-state index in [1.165, 1.54) is 11.0 Å². The van der Waals surface area contributed by atoms with Gasteiger partial charge in [-0.2, -0.15) is 0 Å². The van der Waals surface area contributed by atoms with Crippen LogP contribution in [0.1, 0.15) is 38.1 Å². The van der Waals surface area contributed by atoms with Gasteiger partial charge in [0.1, 0.15) is 5.00 Å². The van der Waals surface area contributed by atoms with Crippen molar-refractivity contribution in [1.29, 1.82) is 0 Å². The molecule has 1 aromatic heterocycles. The number of carbonyl (C=O) groups is 3. The third kappa shape index (κ3) is 5.59. The third-order valence-corrected chi connectivity index (χ3v) is 5.77. The molecule has 0 saturated carbocycles. The number of anilines is 1. The van der Waals surface area contributed by atoms with Gasteiger partial charge in [0.25, 0.3) is 5.91 Å². The largest absolute Gasteiger partial charge is 0.462 e. The number of esters is 1. The van der Waals surface area contributed by atoms with Gasteiger partial charge in [0.2, 0.25) is 5.91 Å². The predicted octanol–water partition coefficient (Wildman–Crippen LogP) is 4.89. The van der Waals surface area contributed by atoms with E-state index >= 15 is 0 Å². The molecule has 0 bridgehead atoms. The first kappa shape index (κ1) is 22.9. The molecule has 0 aliphatic heterocycles. The van der Waals surface area contributed by atoms with Crippen molar-refractivity contribution in [2.75, 3.05) is 26.0 Å². The first-order valence-corrected chi connectivity index (χ1v) is 10.2. The van der Waals surface area contributed by atoms with E-state index < -0.39 is 11.9 Å². The summed E-state index contributed by atoms with van der Waals surface area (Å²) in [5.74, 6) is -1.32. The standard InChI is InChI=1S/C20H20Cl2N2O4S/c1-5-28-20(27)16-11(2)17(19(26)24(3)4)29-18(16)23-15(25)9-7-12-6-8-13(21)14(22)10-12/h6-10H,5H2,1-4H3,(H,23,25)/b9-7+. The highest BCUT2D eigenvalue weighted by Crippen LogP contribution is 2.34. The molecule has 0 unspecified atom stereocenters. The topological polar surface area (TPSA) is 75.7 Å². The van der Waals surface area contributed by atoms with Gasteiger partial charge in [-0.1, -0.05) is 29.3 Å². The average Bonchev–Trinajstić information content (AvgIpc) is 2.98. The van der Waals surface area contributed by atoms with Gasteiger partial charge in [0.15, 0.2) is 0 Å². The number of amides is 2. The number of ether oxygens (including phenoxy) is 1. The Labute approximate surface area is 183 Å². The first-order chi connectivity index (χ1) is 13.6. The Morgan fingerprint density at radius 1 is 1.21 bits per heavy atom. The molecular weight excluding hydrogens is 435 g/mol. The highest BCUT2D eigenvalue weighted by Gasteiger charge is 2.27. The molecule has 6 nitrogen and oxygen atoms in total. The highest BCUT2D eigenvalue weighted by molar-refractivity contribution is 7.18. The SMILES string of the molecule is CCOC(=O)c1c(NC(=O)/C=C/c2ccc(Cl)c(Cl)c2)sc(C(=O)N(C)C)c1C. The van der Waals surface area contributed by atoms with Crippen LogP contribution in [0.15, 0.2) is 24.3 Å². The van der Waals surface area contributed by atoms with E-state index in [0.717, 1.165) is 11.3 Å². The van der Waals surface area contributed by atoms with Crippen LogP contribution in [-0.2, 0) is 9.53 Å². The van der Waals surface area contributed by atoms with Gasteiger partial charge in [0.05, 0.1) is 27.1 Å². The van der Waals surface area contributed by atoms with Crippen LogP contribution in [0, 0.1) is 6.92 Å². The summed E-state index contributed by atoms with van der Waals surface area (Å²) in [5.41, 5.74) is 1.33. The lowest BCUT2D eigenvalue weighted by atomic mass is 10.1. The molecule has 1 aromatic carbocycles. The molecule has 0 saturated heterocycles. The van der Waals surface area contributed by atoms with Gasteiger partial charge in [-0.3, -0.25) is 9.59 Å². The monoisotopic (exact) mass is 454 g/mol. The number of rotatable bonds is 6. The fourth-order valence-electron chi connectivity index (χ4n) is 2.40. The van der Waals surface area contributed by atoms with E-state index in [2.05, 4.69) is 5.32 Å². The minimum Gasteiger partial charge on any atom is -0.462 e. The molecule has 2 amide bonds. The molecule has 1 N–H and O–H groups in total. The van der Waals surface area contributed by atoms with Gasteiger partial charge in [-0.25, -0.2) is 4.79 Å². The van der Waals surface area contributed by atoms with Crippen LogP contribution >= 0.6 is 34.5 Å². The quantitative estimate of drug-likeness (QED) is 0.497. The van der Waals surface area contributed by atoms with Crippen LogP contribution in [-0.4, -0.2) is 43.4 Å². The summed E-state index contributed by atoms with van der Waals surface area (Å²) in [6.07, 6.45) is 2.87. The first-order valence-electron chi connectivity index (χ1n) is 8.62. The fourth-order valence-corrected chi connectivity index (χ4v) is 3.93. The number of nitrogens with zero attached hydrogens (tertiary/aromatic N) is 1. The Morgan fingerprint density at radius 3 is 2.48 bits per heavy atom. The molecule has 0 radical (unpaired) electrons. The summed E-state index contributed by atoms with van der Waals surface area (Å²) < 4.78 is 5.08. The number of hydrogen-bond acceptors (Lipinski definition) is 5. The predicted molar refractivity (Wildman–Crippen MR) is 117 cm³/mol. The summed E-state index contributed by atoms with van der Waals surface area (Å²) in [5, 5.41) is 3.71. The summed E-state index contributed by atoms with van der Waals surface area (Å²) in [6.45, 7) is 3.51. The maximum Gasteiger partial charge on any atom is 0.341 e. The number of carbonyl (C=O) groups excluding carboxylic acids is 3. The smallest absolute Gasteiger partial charge is 0.341 e. The third-order valence-electron chi connectivity index (χ3n) is 3.83. The molecule has 0 aliphatic carbocycles. The molecule has 29 heavy (non-hydrogen) atoms. The van der Waals surface area contributed by atoms with Crippen molar-refractivity contribution in [2.45, 2.75) is 13.8 Å². The average molecular weight is 455 g/mol. The second kappa shape index (κ2) is 9.91. The lowest BCUT2D eigenvalue weighted by molar-refractivity contribution is -0.111. The van der Waals surface area contributed by atoms with Crippen molar-refractivity contribution in [2.24, 2.45) is 0 Å². The zero-order valence-electron chi connectivity index (χ0n) is 16.3. The maximum absolute atomic E-state index is 12.4. The van der Waals surface area contributed by atoms with Crippen molar-refractivity contribution in [3.05, 3.63) is 55.9 Å². The van der Waals surface area contributed by atoms with Crippen LogP contribution in [0.25, 0.3) is 6.08 Å². The summed E-state index contributed by atoms with van der Waals surface area (Å²) in [6, 6.07) is 4.97. The van der Waals surface area contributed by atoms with Gasteiger partial charge >= 0.3 is 5.97 Å².